The summed E-state index contributed by atoms with van der Waals surface area (Å²) in [7, 11) is 0. The van der Waals surface area contributed by atoms with Crippen LogP contribution in [-0.2, 0) is 0 Å². The van der Waals surface area contributed by atoms with Gasteiger partial charge < -0.3 is 0 Å². The van der Waals surface area contributed by atoms with Crippen molar-refractivity contribution >= 4 is 84.8 Å². The van der Waals surface area contributed by atoms with Crippen molar-refractivity contribution in [3.8, 4) is 0 Å². The molecule has 6 heavy (non-hydrogen) atoms. The van der Waals surface area contributed by atoms with E-state index in [0.717, 1.165) is 0 Å². The molecule has 0 rings (SSSR count). The Hall–Kier alpha value is 2.25. The molecule has 0 aliphatic rings. The van der Waals surface area contributed by atoms with Crippen LogP contribution in [0, 0.1) is 0 Å². The maximum atomic E-state index is 0. The van der Waals surface area contributed by atoms with Gasteiger partial charge in [0, 0.05) is 0 Å². The molecule has 0 bridgehead atoms. The predicted molar refractivity (Wildman–Crippen MR) is 51.7 cm³/mol. The van der Waals surface area contributed by atoms with Crippen LogP contribution < -0.4 is 0 Å². The first-order chi connectivity index (χ1) is 0. The van der Waals surface area contributed by atoms with Gasteiger partial charge in [0.15, 0.2) is 0 Å². The molecule has 0 saturated carbocycles. The molecule has 0 heterocycles. The Morgan fingerprint density at radius 1 is 0.333 bits per heavy atom. The molecular formula is H12Cl4Ge2. The maximum absolute atomic E-state index is 0. The molecule has 0 fully saturated rings. The molecule has 0 nitrogen and oxygen atoms in total. The van der Waals surface area contributed by atoms with E-state index in [2.05, 4.69) is 0 Å². The second-order valence-corrected chi connectivity index (χ2v) is 0. The van der Waals surface area contributed by atoms with Gasteiger partial charge in [-0.3, -0.25) is 0 Å². The predicted octanol–water partition coefficient (Wildman–Crippen LogP) is -1.22. The van der Waals surface area contributed by atoms with E-state index >= 15 is 0 Å². The van der Waals surface area contributed by atoms with E-state index in [4.69, 9.17) is 0 Å². The Morgan fingerprint density at radius 3 is 0.333 bits per heavy atom. The molecule has 0 atom stereocenters. The third-order valence-electron chi connectivity index (χ3n) is 0. The molecule has 0 aromatic heterocycles. The fourth-order valence-corrected chi connectivity index (χ4v) is 0. The second kappa shape index (κ2) is 56.0. The van der Waals surface area contributed by atoms with Crippen molar-refractivity contribution in [1.29, 1.82) is 0 Å². The fraction of sp³-hybridized carbons (Fsp3) is 0. The third kappa shape index (κ3) is 34.1. The van der Waals surface area contributed by atoms with Gasteiger partial charge in [0.05, 0.1) is 0 Å². The second-order valence-electron chi connectivity index (χ2n) is 0. The van der Waals surface area contributed by atoms with E-state index < -0.39 is 0 Å². The van der Waals surface area contributed by atoms with Crippen LogP contribution in [0.1, 0.15) is 0 Å². The normalized spacial score (nSPS) is 0. The summed E-state index contributed by atoms with van der Waals surface area (Å²) >= 11 is 0. The van der Waals surface area contributed by atoms with Crippen LogP contribution in [0.2, 0.25) is 0 Å². The number of hydrogen-bond donors (Lipinski definition) is 0. The average Bonchev–Trinajstić information content (AvgIpc) is 0. The molecule has 0 aromatic rings. The van der Waals surface area contributed by atoms with Gasteiger partial charge in [0.2, 0.25) is 0 Å². The fourth-order valence-electron chi connectivity index (χ4n) is 0. The zero-order chi connectivity index (χ0) is 0. The molecule has 0 aliphatic carbocycles. The van der Waals surface area contributed by atoms with Gasteiger partial charge in [-0.25, -0.2) is 0 Å². The SMILES string of the molecule is Cl.Cl.Cl.Cl.[GeH4].[GeH4]. The van der Waals surface area contributed by atoms with E-state index in [0.29, 0.717) is 0 Å². The summed E-state index contributed by atoms with van der Waals surface area (Å²) in [5.74, 6) is 0. The van der Waals surface area contributed by atoms with Crippen LogP contribution in [0.5, 0.6) is 0 Å². The number of hydrogen-bond acceptors (Lipinski definition) is 0. The Labute approximate surface area is 84.2 Å². The van der Waals surface area contributed by atoms with Gasteiger partial charge in [-0.05, 0) is 0 Å². The van der Waals surface area contributed by atoms with Gasteiger partial charge in [-0.1, -0.05) is 0 Å². The van der Waals surface area contributed by atoms with Gasteiger partial charge in [0.1, 0.15) is 0 Å². The number of rotatable bonds is 0. The number of halogens is 4. The minimum absolute atomic E-state index is 0. The van der Waals surface area contributed by atoms with E-state index in [1.54, 1.807) is 0 Å². The summed E-state index contributed by atoms with van der Waals surface area (Å²) in [6, 6.07) is 0. The molecule has 0 saturated heterocycles. The molecule has 0 aromatic carbocycles. The molecule has 0 unspecified atom stereocenters. The van der Waals surface area contributed by atoms with Gasteiger partial charge in [0.25, 0.3) is 0 Å². The van der Waals surface area contributed by atoms with Crippen molar-refractivity contribution in [2.45, 2.75) is 0 Å². The van der Waals surface area contributed by atoms with E-state index in [9.17, 15) is 0 Å². The first-order valence-electron chi connectivity index (χ1n) is 0. The van der Waals surface area contributed by atoms with Crippen molar-refractivity contribution in [2.75, 3.05) is 0 Å². The van der Waals surface area contributed by atoms with Crippen LogP contribution in [0.4, 0.5) is 0 Å². The molecule has 0 amide bonds. The van der Waals surface area contributed by atoms with Crippen molar-refractivity contribution in [2.24, 2.45) is 0 Å². The summed E-state index contributed by atoms with van der Waals surface area (Å²) < 4.78 is 0. The first kappa shape index (κ1) is 85.8. The van der Waals surface area contributed by atoms with E-state index in [-0.39, 0.29) is 84.8 Å². The van der Waals surface area contributed by atoms with E-state index in [1.807, 2.05) is 0 Å². The van der Waals surface area contributed by atoms with Gasteiger partial charge in [-0.2, -0.15) is 0 Å². The average molecular weight is 299 g/mol. The van der Waals surface area contributed by atoms with Gasteiger partial charge >= 0.3 is 35.2 Å². The van der Waals surface area contributed by atoms with Crippen molar-refractivity contribution in [3.63, 3.8) is 0 Å². The summed E-state index contributed by atoms with van der Waals surface area (Å²) in [6.45, 7) is 0. The molecule has 0 N–H and O–H groups in total. The molecule has 48 valence electrons. The van der Waals surface area contributed by atoms with Crippen molar-refractivity contribution < 1.29 is 0 Å². The van der Waals surface area contributed by atoms with Gasteiger partial charge in [-0.15, -0.1) is 49.6 Å². The van der Waals surface area contributed by atoms with Crippen LogP contribution in [0.3, 0.4) is 0 Å². The minimum atomic E-state index is 0. The summed E-state index contributed by atoms with van der Waals surface area (Å²) in [4.78, 5) is 0. The van der Waals surface area contributed by atoms with Crippen molar-refractivity contribution in [3.05, 3.63) is 0 Å². The summed E-state index contributed by atoms with van der Waals surface area (Å²) in [5, 5.41) is 0. The molecule has 0 aliphatic heterocycles. The Morgan fingerprint density at radius 2 is 0.333 bits per heavy atom. The van der Waals surface area contributed by atoms with Crippen LogP contribution in [0.15, 0.2) is 0 Å². The quantitative estimate of drug-likeness (QED) is 0.492. The van der Waals surface area contributed by atoms with E-state index in [1.165, 1.54) is 0 Å². The van der Waals surface area contributed by atoms with Crippen LogP contribution in [0.25, 0.3) is 0 Å². The topological polar surface area (TPSA) is 0 Å². The molecule has 6 heteroatoms. The summed E-state index contributed by atoms with van der Waals surface area (Å²) in [6.07, 6.45) is 0. The standard InChI is InChI=1S/4ClH.2GeH4/h4*1H;2*1H4. The molecule has 0 spiro atoms. The first-order valence-corrected chi connectivity index (χ1v) is 0. The Bertz CT molecular complexity index is 5.51. The van der Waals surface area contributed by atoms with Crippen molar-refractivity contribution in [1.82, 2.24) is 0 Å². The summed E-state index contributed by atoms with van der Waals surface area (Å²) in [5.41, 5.74) is 0. The Kier molecular flexibility index (Phi) is 802. The third-order valence-corrected chi connectivity index (χ3v) is 0. The van der Waals surface area contributed by atoms with Crippen LogP contribution in [-0.4, -0.2) is 35.2 Å². The molecular weight excluding hydrogens is 287 g/mol. The zero-order valence-electron chi connectivity index (χ0n) is 1.63. The monoisotopic (exact) mass is 300 g/mol. The van der Waals surface area contributed by atoms with Crippen LogP contribution >= 0.6 is 49.6 Å². The molecule has 0 radical (unpaired) electrons. The zero-order valence-corrected chi connectivity index (χ0v) is 4.90. The Balaban J connectivity index is 0.